The SMILES string of the molecule is [Au].[C-]#Cc1nc2ccccc2n1C.[C-]#Cc1nc2ccccc2n1C. The van der Waals surface area contributed by atoms with Crippen molar-refractivity contribution in [2.24, 2.45) is 14.1 Å². The first-order valence-electron chi connectivity index (χ1n) is 7.34. The molecule has 0 saturated heterocycles. The van der Waals surface area contributed by atoms with Crippen LogP contribution in [-0.4, -0.2) is 19.1 Å². The maximum Gasteiger partial charge on any atom is 0.0671 e. The summed E-state index contributed by atoms with van der Waals surface area (Å²) < 4.78 is 3.70. The summed E-state index contributed by atoms with van der Waals surface area (Å²) in [6.07, 6.45) is 14.0. The number of benzene rings is 2. The van der Waals surface area contributed by atoms with Gasteiger partial charge in [-0.05, 0) is 38.4 Å². The Bertz CT molecular complexity index is 1020. The van der Waals surface area contributed by atoms with Gasteiger partial charge in [0.25, 0.3) is 0 Å². The normalized spacial score (nSPS) is 9.60. The Kier molecular flexibility index (Phi) is 5.85. The number of para-hydroxylation sites is 4. The molecule has 0 bridgehead atoms. The Labute approximate surface area is 162 Å². The molecule has 0 aliphatic rings. The molecule has 0 aliphatic carbocycles. The molecule has 2 aromatic heterocycles. The Balaban J connectivity index is 0.000000173. The second-order valence-corrected chi connectivity index (χ2v) is 5.22. The van der Waals surface area contributed by atoms with Gasteiger partial charge >= 0.3 is 0 Å². The van der Waals surface area contributed by atoms with Crippen LogP contribution in [0.3, 0.4) is 0 Å². The van der Waals surface area contributed by atoms with Crippen LogP contribution in [0.5, 0.6) is 0 Å². The van der Waals surface area contributed by atoms with E-state index in [9.17, 15) is 0 Å². The number of rotatable bonds is 0. The van der Waals surface area contributed by atoms with Crippen LogP contribution >= 0.6 is 0 Å². The van der Waals surface area contributed by atoms with Crippen molar-refractivity contribution >= 4 is 22.1 Å². The molecule has 4 rings (SSSR count). The minimum absolute atomic E-state index is 0. The molecule has 4 aromatic rings. The van der Waals surface area contributed by atoms with Crippen molar-refractivity contribution in [3.63, 3.8) is 0 Å². The molecule has 127 valence electrons. The zero-order valence-corrected chi connectivity index (χ0v) is 15.9. The Morgan fingerprint density at radius 1 is 0.720 bits per heavy atom. The van der Waals surface area contributed by atoms with E-state index >= 15 is 0 Å². The predicted octanol–water partition coefficient (Wildman–Crippen LogP) is 3.02. The van der Waals surface area contributed by atoms with Crippen LogP contribution in [0.4, 0.5) is 0 Å². The molecule has 0 saturated carbocycles. The molecular formula is C20H14AuN4-2. The van der Waals surface area contributed by atoms with E-state index in [1.54, 1.807) is 0 Å². The molecule has 4 nitrogen and oxygen atoms in total. The van der Waals surface area contributed by atoms with Crippen molar-refractivity contribution in [1.29, 1.82) is 0 Å². The van der Waals surface area contributed by atoms with Gasteiger partial charge in [0, 0.05) is 34.0 Å². The number of aromatic nitrogens is 4. The second kappa shape index (κ2) is 7.88. The van der Waals surface area contributed by atoms with Crippen molar-refractivity contribution in [3.05, 3.63) is 73.0 Å². The van der Waals surface area contributed by atoms with Crippen molar-refractivity contribution in [2.45, 2.75) is 0 Å². The van der Waals surface area contributed by atoms with Gasteiger partial charge in [0.1, 0.15) is 0 Å². The van der Waals surface area contributed by atoms with Gasteiger partial charge in [-0.1, -0.05) is 24.3 Å². The van der Waals surface area contributed by atoms with Crippen LogP contribution in [0, 0.1) is 24.7 Å². The molecule has 0 aliphatic heterocycles. The van der Waals surface area contributed by atoms with E-state index in [4.69, 9.17) is 12.8 Å². The number of imidazole rings is 2. The molecule has 0 spiro atoms. The van der Waals surface area contributed by atoms with Crippen LogP contribution in [0.2, 0.25) is 0 Å². The zero-order valence-electron chi connectivity index (χ0n) is 13.7. The minimum Gasteiger partial charge on any atom is -0.399 e. The second-order valence-electron chi connectivity index (χ2n) is 5.22. The zero-order chi connectivity index (χ0) is 17.1. The van der Waals surface area contributed by atoms with E-state index in [1.165, 1.54) is 0 Å². The van der Waals surface area contributed by atoms with E-state index in [1.807, 2.05) is 71.8 Å². The molecule has 2 aromatic carbocycles. The Morgan fingerprint density at radius 2 is 1.08 bits per heavy atom. The fourth-order valence-corrected chi connectivity index (χ4v) is 2.51. The maximum atomic E-state index is 6.98. The van der Waals surface area contributed by atoms with E-state index in [0.717, 1.165) is 22.1 Å². The van der Waals surface area contributed by atoms with E-state index in [-0.39, 0.29) is 22.4 Å². The van der Waals surface area contributed by atoms with Crippen molar-refractivity contribution in [1.82, 2.24) is 19.1 Å². The van der Waals surface area contributed by atoms with Gasteiger partial charge in [0.15, 0.2) is 0 Å². The molecule has 25 heavy (non-hydrogen) atoms. The average Bonchev–Trinajstić information content (AvgIpc) is 3.13. The van der Waals surface area contributed by atoms with Gasteiger partial charge in [0.2, 0.25) is 0 Å². The minimum atomic E-state index is 0. The standard InChI is InChI=1S/2C10H7N2.Au/c2*1-3-10-11-8-6-4-5-7-9(8)12(10)2;/h2*4-7H,2H3;/q2*-1;. The van der Waals surface area contributed by atoms with Crippen LogP contribution in [-0.2, 0) is 36.5 Å². The molecule has 1 radical (unpaired) electrons. The van der Waals surface area contributed by atoms with Crippen molar-refractivity contribution in [2.75, 3.05) is 0 Å². The fourth-order valence-electron chi connectivity index (χ4n) is 2.51. The number of nitrogens with zero attached hydrogens (tertiary/aromatic N) is 4. The summed E-state index contributed by atoms with van der Waals surface area (Å²) in [5, 5.41) is 0. The van der Waals surface area contributed by atoms with Crippen LogP contribution in [0.1, 0.15) is 11.6 Å². The molecule has 0 N–H and O–H groups in total. The first kappa shape index (κ1) is 18.6. The van der Waals surface area contributed by atoms with Gasteiger partial charge < -0.3 is 31.9 Å². The van der Waals surface area contributed by atoms with E-state index < -0.39 is 0 Å². The van der Waals surface area contributed by atoms with Crippen molar-refractivity contribution < 1.29 is 22.4 Å². The quantitative estimate of drug-likeness (QED) is 0.209. The smallest absolute Gasteiger partial charge is 0.0671 e. The third-order valence-electron chi connectivity index (χ3n) is 3.80. The topological polar surface area (TPSA) is 35.6 Å². The molecule has 0 amide bonds. The number of aryl methyl sites for hydroxylation is 2. The Morgan fingerprint density at radius 3 is 1.40 bits per heavy atom. The van der Waals surface area contributed by atoms with Gasteiger partial charge in [-0.25, -0.2) is 0 Å². The summed E-state index contributed by atoms with van der Waals surface area (Å²) in [5.74, 6) is 5.70. The first-order valence-corrected chi connectivity index (χ1v) is 7.34. The largest absolute Gasteiger partial charge is 0.399 e. The monoisotopic (exact) mass is 507 g/mol. The van der Waals surface area contributed by atoms with Gasteiger partial charge in [-0.15, -0.1) is 0 Å². The van der Waals surface area contributed by atoms with E-state index in [2.05, 4.69) is 21.8 Å². The summed E-state index contributed by atoms with van der Waals surface area (Å²) in [5.41, 5.74) is 3.89. The first-order chi connectivity index (χ1) is 11.7. The summed E-state index contributed by atoms with van der Waals surface area (Å²) >= 11 is 0. The van der Waals surface area contributed by atoms with Crippen molar-refractivity contribution in [3.8, 4) is 11.8 Å². The maximum absolute atomic E-state index is 6.98. The number of hydrogen-bond donors (Lipinski definition) is 0. The van der Waals surface area contributed by atoms with Crippen LogP contribution in [0.15, 0.2) is 48.5 Å². The van der Waals surface area contributed by atoms with Crippen LogP contribution in [0.25, 0.3) is 22.1 Å². The fraction of sp³-hybridized carbons (Fsp3) is 0.100. The summed E-state index contributed by atoms with van der Waals surface area (Å²) in [7, 11) is 3.76. The molecular weight excluding hydrogens is 493 g/mol. The molecule has 5 heteroatoms. The molecule has 0 unspecified atom stereocenters. The van der Waals surface area contributed by atoms with Gasteiger partial charge in [-0.3, -0.25) is 11.8 Å². The summed E-state index contributed by atoms with van der Waals surface area (Å²) in [6.45, 7) is 0. The number of hydrogen-bond acceptors (Lipinski definition) is 2. The van der Waals surface area contributed by atoms with Gasteiger partial charge in [0.05, 0.1) is 22.1 Å². The summed E-state index contributed by atoms with van der Waals surface area (Å²) in [6, 6.07) is 15.6. The Hall–Kier alpha value is -2.76. The van der Waals surface area contributed by atoms with E-state index in [0.29, 0.717) is 11.6 Å². The number of fused-ring (bicyclic) bond motifs is 2. The third-order valence-corrected chi connectivity index (χ3v) is 3.80. The molecule has 0 atom stereocenters. The molecule has 2 heterocycles. The molecule has 0 fully saturated rings. The average molecular weight is 507 g/mol. The van der Waals surface area contributed by atoms with Crippen LogP contribution < -0.4 is 0 Å². The van der Waals surface area contributed by atoms with Gasteiger partial charge in [-0.2, -0.15) is 0 Å². The third kappa shape index (κ3) is 3.52. The summed E-state index contributed by atoms with van der Waals surface area (Å²) in [4.78, 5) is 8.39. The predicted molar refractivity (Wildman–Crippen MR) is 93.9 cm³/mol.